The Hall–Kier alpha value is -0.290. The van der Waals surface area contributed by atoms with Crippen molar-refractivity contribution in [1.29, 1.82) is 0 Å². The fourth-order valence-electron chi connectivity index (χ4n) is 1.25. The lowest BCUT2D eigenvalue weighted by atomic mass is 9.98. The Kier molecular flexibility index (Phi) is 4.88. The SMILES string of the molecule is CCC(C)(CO)NC(C)CC(F)(F)F. The van der Waals surface area contributed by atoms with Gasteiger partial charge in [-0.1, -0.05) is 6.92 Å². The number of nitrogens with one attached hydrogen (secondary N) is 1. The quantitative estimate of drug-likeness (QED) is 0.732. The van der Waals surface area contributed by atoms with Gasteiger partial charge in [-0.25, -0.2) is 0 Å². The molecule has 0 aromatic rings. The summed E-state index contributed by atoms with van der Waals surface area (Å²) in [5.41, 5.74) is -0.620. The minimum Gasteiger partial charge on any atom is -0.394 e. The number of aliphatic hydroxyl groups excluding tert-OH is 1. The van der Waals surface area contributed by atoms with Crippen LogP contribution in [0.4, 0.5) is 13.2 Å². The molecule has 0 aromatic heterocycles. The average molecular weight is 213 g/mol. The second-order valence-electron chi connectivity index (χ2n) is 3.94. The summed E-state index contributed by atoms with van der Waals surface area (Å²) in [6.07, 6.45) is -4.44. The van der Waals surface area contributed by atoms with Gasteiger partial charge in [0.2, 0.25) is 0 Å². The molecule has 0 radical (unpaired) electrons. The van der Waals surface area contributed by atoms with E-state index in [-0.39, 0.29) is 6.61 Å². The van der Waals surface area contributed by atoms with Crippen LogP contribution in [0.15, 0.2) is 0 Å². The van der Waals surface area contributed by atoms with Crippen molar-refractivity contribution < 1.29 is 18.3 Å². The van der Waals surface area contributed by atoms with Crippen LogP contribution < -0.4 is 5.32 Å². The van der Waals surface area contributed by atoms with Crippen LogP contribution in [0.1, 0.15) is 33.6 Å². The molecule has 2 unspecified atom stereocenters. The topological polar surface area (TPSA) is 32.3 Å². The highest BCUT2D eigenvalue weighted by Crippen LogP contribution is 2.22. The average Bonchev–Trinajstić information content (AvgIpc) is 2.00. The molecule has 0 aliphatic carbocycles. The summed E-state index contributed by atoms with van der Waals surface area (Å²) in [5, 5.41) is 11.8. The third-order valence-electron chi connectivity index (χ3n) is 2.26. The summed E-state index contributed by atoms with van der Waals surface area (Å²) in [5.74, 6) is 0. The molecule has 0 fully saturated rings. The van der Waals surface area contributed by atoms with Crippen molar-refractivity contribution in [2.45, 2.75) is 51.4 Å². The maximum atomic E-state index is 12.0. The van der Waals surface area contributed by atoms with Gasteiger partial charge in [-0.05, 0) is 20.3 Å². The molecule has 14 heavy (non-hydrogen) atoms. The predicted octanol–water partition coefficient (Wildman–Crippen LogP) is 2.08. The van der Waals surface area contributed by atoms with E-state index in [9.17, 15) is 13.2 Å². The van der Waals surface area contributed by atoms with Crippen LogP contribution in [0, 0.1) is 0 Å². The van der Waals surface area contributed by atoms with E-state index in [1.165, 1.54) is 6.92 Å². The molecule has 0 spiro atoms. The van der Waals surface area contributed by atoms with Crippen molar-refractivity contribution in [3.8, 4) is 0 Å². The number of alkyl halides is 3. The number of hydrogen-bond donors (Lipinski definition) is 2. The van der Waals surface area contributed by atoms with Gasteiger partial charge < -0.3 is 10.4 Å². The van der Waals surface area contributed by atoms with Crippen LogP contribution in [-0.4, -0.2) is 29.5 Å². The molecule has 86 valence electrons. The predicted molar refractivity (Wildman–Crippen MR) is 49.1 cm³/mol. The van der Waals surface area contributed by atoms with E-state index < -0.39 is 24.2 Å². The van der Waals surface area contributed by atoms with Crippen LogP contribution in [-0.2, 0) is 0 Å². The Morgan fingerprint density at radius 1 is 1.36 bits per heavy atom. The van der Waals surface area contributed by atoms with Gasteiger partial charge in [-0.2, -0.15) is 13.2 Å². The maximum Gasteiger partial charge on any atom is 0.390 e. The molecular formula is C9H18F3NO. The van der Waals surface area contributed by atoms with Crippen LogP contribution in [0.3, 0.4) is 0 Å². The monoisotopic (exact) mass is 213 g/mol. The van der Waals surface area contributed by atoms with E-state index in [2.05, 4.69) is 5.32 Å². The maximum absolute atomic E-state index is 12.0. The first kappa shape index (κ1) is 13.7. The first-order chi connectivity index (χ1) is 6.22. The Morgan fingerprint density at radius 2 is 1.86 bits per heavy atom. The fourth-order valence-corrected chi connectivity index (χ4v) is 1.25. The van der Waals surface area contributed by atoms with Crippen molar-refractivity contribution in [2.24, 2.45) is 0 Å². The Morgan fingerprint density at radius 3 is 2.14 bits per heavy atom. The molecule has 0 aromatic carbocycles. The molecular weight excluding hydrogens is 195 g/mol. The van der Waals surface area contributed by atoms with Gasteiger partial charge in [0.25, 0.3) is 0 Å². The lowest BCUT2D eigenvalue weighted by Crippen LogP contribution is -2.50. The summed E-state index contributed by atoms with van der Waals surface area (Å²) in [4.78, 5) is 0. The van der Waals surface area contributed by atoms with E-state index in [4.69, 9.17) is 5.11 Å². The minimum absolute atomic E-state index is 0.161. The largest absolute Gasteiger partial charge is 0.394 e. The number of hydrogen-bond acceptors (Lipinski definition) is 2. The number of aliphatic hydroxyl groups is 1. The first-order valence-electron chi connectivity index (χ1n) is 4.68. The normalized spacial score (nSPS) is 19.1. The molecule has 0 saturated heterocycles. The number of halogens is 3. The Bertz CT molecular complexity index is 166. The second-order valence-corrected chi connectivity index (χ2v) is 3.94. The second kappa shape index (κ2) is 4.98. The van der Waals surface area contributed by atoms with Crippen LogP contribution in [0.2, 0.25) is 0 Å². The van der Waals surface area contributed by atoms with E-state index >= 15 is 0 Å². The summed E-state index contributed by atoms with van der Waals surface area (Å²) in [6, 6.07) is -0.674. The zero-order valence-electron chi connectivity index (χ0n) is 8.78. The van der Waals surface area contributed by atoms with E-state index in [1.807, 2.05) is 6.92 Å². The van der Waals surface area contributed by atoms with Gasteiger partial charge in [-0.15, -0.1) is 0 Å². The molecule has 0 bridgehead atoms. The van der Waals surface area contributed by atoms with Gasteiger partial charge in [-0.3, -0.25) is 0 Å². The first-order valence-corrected chi connectivity index (χ1v) is 4.68. The molecule has 2 atom stereocenters. The molecule has 0 saturated carbocycles. The lowest BCUT2D eigenvalue weighted by molar-refractivity contribution is -0.140. The smallest absolute Gasteiger partial charge is 0.390 e. The Labute approximate surface area is 82.5 Å². The summed E-state index contributed by atoms with van der Waals surface area (Å²) in [6.45, 7) is 4.84. The third-order valence-corrected chi connectivity index (χ3v) is 2.26. The molecule has 0 amide bonds. The lowest BCUT2D eigenvalue weighted by Gasteiger charge is -2.31. The van der Waals surface area contributed by atoms with Gasteiger partial charge in [0.1, 0.15) is 0 Å². The highest BCUT2D eigenvalue weighted by atomic mass is 19.4. The molecule has 2 nitrogen and oxygen atoms in total. The van der Waals surface area contributed by atoms with Crippen molar-refractivity contribution in [1.82, 2.24) is 5.32 Å². The van der Waals surface area contributed by atoms with Crippen LogP contribution in [0.25, 0.3) is 0 Å². The number of rotatable bonds is 5. The molecule has 0 heterocycles. The van der Waals surface area contributed by atoms with Crippen molar-refractivity contribution in [3.05, 3.63) is 0 Å². The molecule has 0 aliphatic heterocycles. The van der Waals surface area contributed by atoms with Crippen molar-refractivity contribution >= 4 is 0 Å². The van der Waals surface area contributed by atoms with Crippen LogP contribution in [0.5, 0.6) is 0 Å². The Balaban J connectivity index is 4.10. The molecule has 0 rings (SSSR count). The van der Waals surface area contributed by atoms with Gasteiger partial charge >= 0.3 is 6.18 Å². The summed E-state index contributed by atoms with van der Waals surface area (Å²) in [7, 11) is 0. The van der Waals surface area contributed by atoms with E-state index in [0.717, 1.165) is 0 Å². The molecule has 2 N–H and O–H groups in total. The third kappa shape index (κ3) is 5.44. The summed E-state index contributed by atoms with van der Waals surface area (Å²) >= 11 is 0. The highest BCUT2D eigenvalue weighted by Gasteiger charge is 2.32. The van der Waals surface area contributed by atoms with E-state index in [0.29, 0.717) is 6.42 Å². The molecule has 5 heteroatoms. The highest BCUT2D eigenvalue weighted by molar-refractivity contribution is 4.84. The fraction of sp³-hybridized carbons (Fsp3) is 1.00. The van der Waals surface area contributed by atoms with Crippen LogP contribution >= 0.6 is 0 Å². The van der Waals surface area contributed by atoms with Gasteiger partial charge in [0.05, 0.1) is 13.0 Å². The summed E-state index contributed by atoms with van der Waals surface area (Å²) < 4.78 is 36.0. The zero-order valence-corrected chi connectivity index (χ0v) is 8.78. The zero-order chi connectivity index (χ0) is 11.4. The van der Waals surface area contributed by atoms with Gasteiger partial charge in [0.15, 0.2) is 0 Å². The minimum atomic E-state index is -4.16. The molecule has 0 aliphatic rings. The van der Waals surface area contributed by atoms with Crippen molar-refractivity contribution in [2.75, 3.05) is 6.61 Å². The van der Waals surface area contributed by atoms with Crippen molar-refractivity contribution in [3.63, 3.8) is 0 Å². The standard InChI is InChI=1S/C9H18F3NO/c1-4-8(3,6-14)13-7(2)5-9(10,11)12/h7,13-14H,4-6H2,1-3H3. The van der Waals surface area contributed by atoms with Gasteiger partial charge in [0, 0.05) is 11.6 Å². The van der Waals surface area contributed by atoms with E-state index in [1.54, 1.807) is 6.92 Å².